The van der Waals surface area contributed by atoms with Crippen LogP contribution in [0.2, 0.25) is 0 Å². The second-order valence-electron chi connectivity index (χ2n) is 4.65. The smallest absolute Gasteiger partial charge is 0.338 e. The van der Waals surface area contributed by atoms with E-state index in [0.717, 1.165) is 4.47 Å². The van der Waals surface area contributed by atoms with Gasteiger partial charge in [0, 0.05) is 0 Å². The number of ether oxygens (including phenoxy) is 2. The number of carbonyl (C=O) groups excluding carboxylic acids is 2. The highest BCUT2D eigenvalue weighted by Gasteiger charge is 2.29. The molecule has 0 unspecified atom stereocenters. The predicted octanol–water partition coefficient (Wildman–Crippen LogP) is 2.35. The van der Waals surface area contributed by atoms with Crippen LogP contribution in [0.4, 0.5) is 4.79 Å². The van der Waals surface area contributed by atoms with E-state index in [1.54, 1.807) is 19.9 Å². The van der Waals surface area contributed by atoms with Gasteiger partial charge in [0.2, 0.25) is 0 Å². The number of hydrogen-bond acceptors (Lipinski definition) is 4. The van der Waals surface area contributed by atoms with Gasteiger partial charge >= 0.3 is 12.0 Å². The molecule has 2 amide bonds. The van der Waals surface area contributed by atoms with Gasteiger partial charge in [0.1, 0.15) is 12.4 Å². The Morgan fingerprint density at radius 1 is 1.36 bits per heavy atom. The van der Waals surface area contributed by atoms with Gasteiger partial charge in [-0.05, 0) is 41.9 Å². The summed E-state index contributed by atoms with van der Waals surface area (Å²) in [5.41, 5.74) is 0.777. The molecule has 1 aromatic carbocycles. The molecule has 22 heavy (non-hydrogen) atoms. The number of esters is 1. The molecule has 2 N–H and O–H groups in total. The maximum atomic E-state index is 12.1. The predicted molar refractivity (Wildman–Crippen MR) is 84.4 cm³/mol. The van der Waals surface area contributed by atoms with E-state index in [9.17, 15) is 9.59 Å². The topological polar surface area (TPSA) is 76.7 Å². The van der Waals surface area contributed by atoms with Crippen LogP contribution in [0, 0.1) is 0 Å². The maximum Gasteiger partial charge on any atom is 0.338 e. The highest BCUT2D eigenvalue weighted by Crippen LogP contribution is 2.25. The fourth-order valence-corrected chi connectivity index (χ4v) is 2.50. The van der Waals surface area contributed by atoms with Crippen LogP contribution in [0.25, 0.3) is 0 Å². The van der Waals surface area contributed by atoms with Crippen LogP contribution in [0.3, 0.4) is 0 Å². The van der Waals surface area contributed by atoms with Gasteiger partial charge < -0.3 is 20.1 Å². The standard InChI is InChI=1S/C15H17BrN2O4/c1-3-21-14(19)13-9(2)17-15(20)18-11(13)8-22-12-7-5-4-6-10(12)16/h4-7,9H,3,8H2,1-2H3,(H2,17,18,20)/t9-/m1/s1. The van der Waals surface area contributed by atoms with Crippen molar-refractivity contribution in [1.29, 1.82) is 0 Å². The first-order chi connectivity index (χ1) is 10.5. The van der Waals surface area contributed by atoms with Crippen molar-refractivity contribution in [3.63, 3.8) is 0 Å². The molecule has 0 bridgehead atoms. The fourth-order valence-electron chi connectivity index (χ4n) is 2.10. The largest absolute Gasteiger partial charge is 0.486 e. The van der Waals surface area contributed by atoms with Crippen molar-refractivity contribution in [3.8, 4) is 5.75 Å². The van der Waals surface area contributed by atoms with Crippen molar-refractivity contribution in [2.24, 2.45) is 0 Å². The molecule has 0 aliphatic carbocycles. The van der Waals surface area contributed by atoms with Gasteiger partial charge in [0.25, 0.3) is 0 Å². The number of urea groups is 1. The van der Waals surface area contributed by atoms with Crippen LogP contribution in [-0.4, -0.2) is 31.3 Å². The SMILES string of the molecule is CCOC(=O)C1=C(COc2ccccc2Br)NC(=O)N[C@@H]1C. The molecule has 1 aliphatic rings. The van der Waals surface area contributed by atoms with Gasteiger partial charge in [-0.3, -0.25) is 0 Å². The van der Waals surface area contributed by atoms with E-state index < -0.39 is 12.0 Å². The monoisotopic (exact) mass is 368 g/mol. The zero-order chi connectivity index (χ0) is 16.1. The van der Waals surface area contributed by atoms with E-state index in [1.807, 2.05) is 18.2 Å². The van der Waals surface area contributed by atoms with Crippen LogP contribution in [0.1, 0.15) is 13.8 Å². The summed E-state index contributed by atoms with van der Waals surface area (Å²) < 4.78 is 11.5. The Morgan fingerprint density at radius 3 is 2.77 bits per heavy atom. The quantitative estimate of drug-likeness (QED) is 0.782. The first-order valence-electron chi connectivity index (χ1n) is 6.88. The van der Waals surface area contributed by atoms with Gasteiger partial charge in [0.05, 0.1) is 28.4 Å². The first-order valence-corrected chi connectivity index (χ1v) is 7.67. The summed E-state index contributed by atoms with van der Waals surface area (Å²) >= 11 is 3.38. The zero-order valence-corrected chi connectivity index (χ0v) is 13.9. The lowest BCUT2D eigenvalue weighted by Crippen LogP contribution is -2.50. The third-order valence-electron chi connectivity index (χ3n) is 3.07. The maximum absolute atomic E-state index is 12.1. The van der Waals surface area contributed by atoms with Crippen LogP contribution < -0.4 is 15.4 Å². The van der Waals surface area contributed by atoms with Crippen LogP contribution in [-0.2, 0) is 9.53 Å². The van der Waals surface area contributed by atoms with E-state index >= 15 is 0 Å². The first kappa shape index (κ1) is 16.4. The summed E-state index contributed by atoms with van der Waals surface area (Å²) in [5, 5.41) is 5.25. The Balaban J connectivity index is 2.22. The Labute approximate surface area is 137 Å². The summed E-state index contributed by atoms with van der Waals surface area (Å²) in [7, 11) is 0. The van der Waals surface area contributed by atoms with Crippen molar-refractivity contribution in [2.45, 2.75) is 19.9 Å². The molecule has 0 saturated heterocycles. The summed E-state index contributed by atoms with van der Waals surface area (Å²) in [4.78, 5) is 23.7. The number of amides is 2. The number of carbonyl (C=O) groups is 2. The number of para-hydroxylation sites is 1. The molecule has 6 nitrogen and oxygen atoms in total. The summed E-state index contributed by atoms with van der Waals surface area (Å²) in [6.07, 6.45) is 0. The zero-order valence-electron chi connectivity index (χ0n) is 12.3. The molecule has 2 rings (SSSR count). The van der Waals surface area contributed by atoms with Gasteiger partial charge in [0.15, 0.2) is 0 Å². The lowest BCUT2D eigenvalue weighted by atomic mass is 10.0. The Bertz CT molecular complexity index is 615. The molecule has 118 valence electrons. The minimum absolute atomic E-state index is 0.0640. The van der Waals surface area contributed by atoms with E-state index in [2.05, 4.69) is 26.6 Å². The number of rotatable bonds is 5. The fraction of sp³-hybridized carbons (Fsp3) is 0.333. The molecule has 0 spiro atoms. The summed E-state index contributed by atoms with van der Waals surface area (Å²) in [5.74, 6) is 0.159. The van der Waals surface area contributed by atoms with Crippen LogP contribution in [0.15, 0.2) is 40.0 Å². The van der Waals surface area contributed by atoms with Gasteiger partial charge in [-0.15, -0.1) is 0 Å². The van der Waals surface area contributed by atoms with Crippen LogP contribution >= 0.6 is 15.9 Å². The van der Waals surface area contributed by atoms with Crippen molar-refractivity contribution in [1.82, 2.24) is 10.6 Å². The lowest BCUT2D eigenvalue weighted by molar-refractivity contribution is -0.139. The van der Waals surface area contributed by atoms with Crippen molar-refractivity contribution in [2.75, 3.05) is 13.2 Å². The van der Waals surface area contributed by atoms with Crippen molar-refractivity contribution < 1.29 is 19.1 Å². The minimum atomic E-state index is -0.465. The molecule has 0 saturated carbocycles. The average molecular weight is 369 g/mol. The molecule has 7 heteroatoms. The van der Waals surface area contributed by atoms with E-state index in [1.165, 1.54) is 0 Å². The minimum Gasteiger partial charge on any atom is -0.486 e. The van der Waals surface area contributed by atoms with E-state index in [0.29, 0.717) is 17.0 Å². The highest BCUT2D eigenvalue weighted by molar-refractivity contribution is 9.10. The number of benzene rings is 1. The van der Waals surface area contributed by atoms with E-state index in [-0.39, 0.29) is 19.2 Å². The Morgan fingerprint density at radius 2 is 2.09 bits per heavy atom. The molecule has 0 radical (unpaired) electrons. The molecule has 1 aromatic rings. The van der Waals surface area contributed by atoms with Gasteiger partial charge in [-0.1, -0.05) is 12.1 Å². The molecule has 0 aromatic heterocycles. The Kier molecular flexibility index (Phi) is 5.43. The third-order valence-corrected chi connectivity index (χ3v) is 3.73. The molecule has 1 heterocycles. The van der Waals surface area contributed by atoms with E-state index in [4.69, 9.17) is 9.47 Å². The average Bonchev–Trinajstić information content (AvgIpc) is 2.46. The summed E-state index contributed by atoms with van der Waals surface area (Å²) in [6.45, 7) is 3.79. The van der Waals surface area contributed by atoms with Crippen molar-refractivity contribution in [3.05, 3.63) is 40.0 Å². The van der Waals surface area contributed by atoms with Crippen molar-refractivity contribution >= 4 is 27.9 Å². The Hall–Kier alpha value is -2.02. The lowest BCUT2D eigenvalue weighted by Gasteiger charge is -2.26. The number of hydrogen-bond donors (Lipinski definition) is 2. The second-order valence-corrected chi connectivity index (χ2v) is 5.51. The molecular formula is C15H17BrN2O4. The highest BCUT2D eigenvalue weighted by atomic mass is 79.9. The van der Waals surface area contributed by atoms with Gasteiger partial charge in [-0.2, -0.15) is 0 Å². The second kappa shape index (κ2) is 7.31. The molecule has 0 fully saturated rings. The third kappa shape index (κ3) is 3.79. The van der Waals surface area contributed by atoms with Gasteiger partial charge in [-0.25, -0.2) is 9.59 Å². The molecular weight excluding hydrogens is 352 g/mol. The number of nitrogens with one attached hydrogen (secondary N) is 2. The molecule has 1 aliphatic heterocycles. The molecule has 1 atom stereocenters. The normalized spacial score (nSPS) is 17.6. The summed E-state index contributed by atoms with van der Waals surface area (Å²) in [6, 6.07) is 6.54. The van der Waals surface area contributed by atoms with Crippen LogP contribution in [0.5, 0.6) is 5.75 Å². The number of halogens is 1.